The first kappa shape index (κ1) is 17.8. The Balaban J connectivity index is 2.22. The smallest absolute Gasteiger partial charge is 0.255 e. The van der Waals surface area contributed by atoms with Crippen molar-refractivity contribution in [2.75, 3.05) is 20.3 Å². The summed E-state index contributed by atoms with van der Waals surface area (Å²) in [7, 11) is 1.53. The van der Waals surface area contributed by atoms with E-state index in [1.807, 2.05) is 0 Å². The summed E-state index contributed by atoms with van der Waals surface area (Å²) in [6.45, 7) is 4.05. The molecule has 1 saturated heterocycles. The van der Waals surface area contributed by atoms with Crippen molar-refractivity contribution < 1.29 is 24.1 Å². The maximum Gasteiger partial charge on any atom is 0.255 e. The Labute approximate surface area is 140 Å². The van der Waals surface area contributed by atoms with Crippen LogP contribution in [0.15, 0.2) is 29.7 Å². The summed E-state index contributed by atoms with van der Waals surface area (Å²) in [6.07, 6.45) is 0.708. The Morgan fingerprint density at radius 3 is 2.67 bits per heavy atom. The zero-order chi connectivity index (χ0) is 17.7. The van der Waals surface area contributed by atoms with Crippen LogP contribution >= 0.6 is 0 Å². The van der Waals surface area contributed by atoms with Gasteiger partial charge < -0.3 is 30.0 Å². The van der Waals surface area contributed by atoms with Crippen LogP contribution in [0.4, 0.5) is 0 Å². The Bertz CT molecular complexity index is 659. The van der Waals surface area contributed by atoms with Crippen molar-refractivity contribution in [3.63, 3.8) is 0 Å². The number of hydrogen-bond acceptors (Lipinski definition) is 6. The van der Waals surface area contributed by atoms with Gasteiger partial charge in [0.1, 0.15) is 11.9 Å². The third-order valence-corrected chi connectivity index (χ3v) is 3.58. The number of ether oxygens (including phenoxy) is 3. The summed E-state index contributed by atoms with van der Waals surface area (Å²) in [4.78, 5) is 12.4. The predicted molar refractivity (Wildman–Crippen MR) is 89.0 cm³/mol. The van der Waals surface area contributed by atoms with Crippen molar-refractivity contribution in [1.29, 1.82) is 5.41 Å². The zero-order valence-corrected chi connectivity index (χ0v) is 14.0. The normalized spacial score (nSPS) is 17.9. The highest BCUT2D eigenvalue weighted by molar-refractivity contribution is 6.04. The van der Waals surface area contributed by atoms with Gasteiger partial charge in [-0.3, -0.25) is 4.79 Å². The maximum absolute atomic E-state index is 12.4. The summed E-state index contributed by atoms with van der Waals surface area (Å²) in [5, 5.41) is 19.7. The number of rotatable bonds is 6. The highest BCUT2D eigenvalue weighted by Gasteiger charge is 2.20. The molecule has 1 aliphatic rings. The molecule has 0 bridgehead atoms. The van der Waals surface area contributed by atoms with E-state index in [4.69, 9.17) is 19.6 Å². The number of methoxy groups -OCH3 is 1. The van der Waals surface area contributed by atoms with Crippen LogP contribution in [0.5, 0.6) is 11.5 Å². The fourth-order valence-corrected chi connectivity index (χ4v) is 2.34. The molecule has 0 aliphatic carbocycles. The lowest BCUT2D eigenvalue weighted by Crippen LogP contribution is -2.27. The molecule has 1 amide bonds. The van der Waals surface area contributed by atoms with Crippen LogP contribution in [-0.4, -0.2) is 43.2 Å². The third-order valence-electron chi connectivity index (χ3n) is 3.58. The van der Waals surface area contributed by atoms with E-state index in [0.717, 1.165) is 6.42 Å². The quantitative estimate of drug-likeness (QED) is 0.548. The largest absolute Gasteiger partial charge is 0.510 e. The van der Waals surface area contributed by atoms with Crippen LogP contribution in [0.25, 0.3) is 0 Å². The van der Waals surface area contributed by atoms with Crippen LogP contribution in [0.2, 0.25) is 0 Å². The fourth-order valence-electron chi connectivity index (χ4n) is 2.34. The second kappa shape index (κ2) is 7.83. The van der Waals surface area contributed by atoms with Crippen molar-refractivity contribution >= 4 is 11.6 Å². The average molecular weight is 334 g/mol. The monoisotopic (exact) mass is 334 g/mol. The van der Waals surface area contributed by atoms with Gasteiger partial charge in [0.2, 0.25) is 0 Å². The van der Waals surface area contributed by atoms with E-state index in [2.05, 4.69) is 5.32 Å². The number of hydrogen-bond donors (Lipinski definition) is 3. The molecule has 1 fully saturated rings. The van der Waals surface area contributed by atoms with E-state index in [9.17, 15) is 9.90 Å². The highest BCUT2D eigenvalue weighted by Crippen LogP contribution is 2.30. The molecular weight excluding hydrogens is 312 g/mol. The van der Waals surface area contributed by atoms with Gasteiger partial charge in [0, 0.05) is 12.0 Å². The van der Waals surface area contributed by atoms with Crippen LogP contribution < -0.4 is 14.8 Å². The number of allylic oxidation sites excluding steroid dienone is 2. The van der Waals surface area contributed by atoms with Crippen molar-refractivity contribution in [2.45, 2.75) is 26.4 Å². The van der Waals surface area contributed by atoms with E-state index < -0.39 is 5.91 Å². The van der Waals surface area contributed by atoms with Crippen LogP contribution in [0.3, 0.4) is 0 Å². The van der Waals surface area contributed by atoms with Gasteiger partial charge in [-0.05, 0) is 32.0 Å². The van der Waals surface area contributed by atoms with E-state index in [1.54, 1.807) is 18.2 Å². The van der Waals surface area contributed by atoms with Gasteiger partial charge in [-0.1, -0.05) is 0 Å². The van der Waals surface area contributed by atoms with Gasteiger partial charge in [0.05, 0.1) is 31.7 Å². The van der Waals surface area contributed by atoms with Crippen molar-refractivity contribution in [3.8, 4) is 11.5 Å². The molecule has 24 heavy (non-hydrogen) atoms. The average Bonchev–Trinajstić information content (AvgIpc) is 3.04. The number of nitrogens with one attached hydrogen (secondary N) is 2. The molecule has 0 aromatic heterocycles. The maximum atomic E-state index is 12.4. The number of aliphatic hydroxyl groups is 1. The summed E-state index contributed by atoms with van der Waals surface area (Å²) >= 11 is 0. The number of aliphatic hydroxyl groups excluding tert-OH is 1. The molecule has 3 N–H and O–H groups in total. The fraction of sp³-hybridized carbons (Fsp3) is 0.412. The second-order valence-electron chi connectivity index (χ2n) is 5.51. The minimum Gasteiger partial charge on any atom is -0.510 e. The number of carbonyl (C=O) groups excluding carboxylic acids is 1. The molecule has 7 heteroatoms. The van der Waals surface area contributed by atoms with Crippen LogP contribution in [0.1, 0.15) is 30.6 Å². The summed E-state index contributed by atoms with van der Waals surface area (Å²) in [6, 6.07) is 4.82. The number of amides is 1. The molecule has 130 valence electrons. The zero-order valence-electron chi connectivity index (χ0n) is 14.0. The Morgan fingerprint density at radius 2 is 2.12 bits per heavy atom. The topological polar surface area (TPSA) is 101 Å². The summed E-state index contributed by atoms with van der Waals surface area (Å²) in [5.74, 6) is 0.415. The van der Waals surface area contributed by atoms with Crippen LogP contribution in [0, 0.1) is 5.41 Å². The molecule has 1 aliphatic heterocycles. The van der Waals surface area contributed by atoms with E-state index in [1.165, 1.54) is 21.0 Å². The van der Waals surface area contributed by atoms with Gasteiger partial charge in [0.15, 0.2) is 11.5 Å². The Morgan fingerprint density at radius 1 is 1.38 bits per heavy atom. The second-order valence-corrected chi connectivity index (χ2v) is 5.51. The molecular formula is C17H22N2O5. The molecule has 1 atom stereocenters. The Kier molecular flexibility index (Phi) is 5.81. The molecule has 1 aromatic rings. The van der Waals surface area contributed by atoms with E-state index >= 15 is 0 Å². The van der Waals surface area contributed by atoms with E-state index in [0.29, 0.717) is 30.3 Å². The van der Waals surface area contributed by atoms with Gasteiger partial charge in [0.25, 0.3) is 5.91 Å². The molecule has 1 unspecified atom stereocenters. The molecule has 2 rings (SSSR count). The molecule has 0 spiro atoms. The summed E-state index contributed by atoms with van der Waals surface area (Å²) in [5.41, 5.74) is 0.489. The molecule has 0 radical (unpaired) electrons. The van der Waals surface area contributed by atoms with Gasteiger partial charge in [-0.15, -0.1) is 0 Å². The summed E-state index contributed by atoms with van der Waals surface area (Å²) < 4.78 is 16.4. The lowest BCUT2D eigenvalue weighted by molar-refractivity contribution is 0.0964. The minimum absolute atomic E-state index is 0.0661. The molecule has 1 heterocycles. The Hall–Kier alpha value is -2.54. The van der Waals surface area contributed by atoms with Crippen molar-refractivity contribution in [3.05, 3.63) is 35.2 Å². The number of benzene rings is 1. The minimum atomic E-state index is -0.444. The predicted octanol–water partition coefficient (Wildman–Crippen LogP) is 2.42. The van der Waals surface area contributed by atoms with Crippen LogP contribution in [-0.2, 0) is 4.74 Å². The molecule has 7 nitrogen and oxygen atoms in total. The van der Waals surface area contributed by atoms with Gasteiger partial charge >= 0.3 is 0 Å². The first-order valence-electron chi connectivity index (χ1n) is 7.61. The lowest BCUT2D eigenvalue weighted by atomic mass is 10.1. The lowest BCUT2D eigenvalue weighted by Gasteiger charge is -2.16. The highest BCUT2D eigenvalue weighted by atomic mass is 16.6. The van der Waals surface area contributed by atoms with Crippen molar-refractivity contribution in [1.82, 2.24) is 5.32 Å². The standard InChI is InChI=1S/C17H22N2O5/c1-10(18)16(11(2)20)19-17(21)12-4-5-14(22-3)15(8-12)24-13-6-7-23-9-13/h4-5,8,13,18,20H,6-7,9H2,1-3H3,(H,19,21)/b16-11+,18-10?. The first-order chi connectivity index (χ1) is 11.4. The van der Waals surface area contributed by atoms with Crippen molar-refractivity contribution in [2.24, 2.45) is 0 Å². The van der Waals surface area contributed by atoms with E-state index in [-0.39, 0.29) is 23.3 Å². The number of carbonyl (C=O) groups is 1. The first-order valence-corrected chi connectivity index (χ1v) is 7.61. The van der Waals surface area contributed by atoms with Gasteiger partial charge in [-0.2, -0.15) is 0 Å². The van der Waals surface area contributed by atoms with Gasteiger partial charge in [-0.25, -0.2) is 0 Å². The molecule has 0 saturated carbocycles. The molecule has 1 aromatic carbocycles. The SMILES string of the molecule is COc1ccc(C(=O)N/C(C(C)=N)=C(\C)O)cc1OC1CCOC1. The third kappa shape index (κ3) is 4.26.